The number of carbonyl (C=O) groups is 3. The van der Waals surface area contributed by atoms with Crippen LogP contribution in [0.1, 0.15) is 39.2 Å². The Bertz CT molecular complexity index is 1080. The summed E-state index contributed by atoms with van der Waals surface area (Å²) in [6.07, 6.45) is 0.848. The summed E-state index contributed by atoms with van der Waals surface area (Å²) in [5.41, 5.74) is -0.584. The molecule has 0 aliphatic heterocycles. The number of esters is 1. The zero-order chi connectivity index (χ0) is 21.0. The summed E-state index contributed by atoms with van der Waals surface area (Å²) < 4.78 is 5.59. The van der Waals surface area contributed by atoms with Crippen molar-refractivity contribution in [3.8, 4) is 22.9 Å². The second-order valence-electron chi connectivity index (χ2n) is 8.62. The second kappa shape index (κ2) is 6.12. The van der Waals surface area contributed by atoms with Gasteiger partial charge in [0.05, 0.1) is 11.6 Å². The maximum absolute atomic E-state index is 13.1. The van der Waals surface area contributed by atoms with E-state index in [4.69, 9.17) is 10.00 Å². The molecule has 2 atom stereocenters. The van der Waals surface area contributed by atoms with E-state index in [0.717, 1.165) is 11.1 Å². The molecule has 2 saturated carbocycles. The third kappa shape index (κ3) is 2.35. The first kappa shape index (κ1) is 19.1. The lowest BCUT2D eigenvalue weighted by Gasteiger charge is -2.36. The predicted octanol–water partition coefficient (Wildman–Crippen LogP) is 4.10. The van der Waals surface area contributed by atoms with Crippen molar-refractivity contribution in [2.45, 2.75) is 33.6 Å². The molecule has 5 heteroatoms. The lowest BCUT2D eigenvalue weighted by Crippen LogP contribution is -2.47. The first-order valence-corrected chi connectivity index (χ1v) is 9.59. The van der Waals surface area contributed by atoms with Crippen LogP contribution < -0.4 is 4.74 Å². The molecule has 0 amide bonds. The highest BCUT2D eigenvalue weighted by Gasteiger charge is 2.78. The van der Waals surface area contributed by atoms with Crippen LogP contribution in [0.5, 0.6) is 5.75 Å². The summed E-state index contributed by atoms with van der Waals surface area (Å²) >= 11 is 0. The zero-order valence-corrected chi connectivity index (χ0v) is 16.6. The van der Waals surface area contributed by atoms with E-state index in [0.29, 0.717) is 24.2 Å². The number of ether oxygens (including phenoxy) is 1. The molecule has 0 spiro atoms. The van der Waals surface area contributed by atoms with Gasteiger partial charge in [-0.25, -0.2) is 0 Å². The molecule has 0 unspecified atom stereocenters. The van der Waals surface area contributed by atoms with Gasteiger partial charge < -0.3 is 4.74 Å². The lowest BCUT2D eigenvalue weighted by molar-refractivity contribution is -0.157. The monoisotopic (exact) mass is 387 g/mol. The number of hydrogen-bond donors (Lipinski definition) is 0. The molecule has 0 saturated heterocycles. The predicted molar refractivity (Wildman–Crippen MR) is 106 cm³/mol. The van der Waals surface area contributed by atoms with Gasteiger partial charge in [-0.2, -0.15) is 5.26 Å². The molecule has 2 bridgehead atoms. The van der Waals surface area contributed by atoms with Crippen LogP contribution in [0.25, 0.3) is 11.1 Å². The van der Waals surface area contributed by atoms with Crippen LogP contribution >= 0.6 is 0 Å². The van der Waals surface area contributed by atoms with Crippen LogP contribution in [0, 0.1) is 27.6 Å². The van der Waals surface area contributed by atoms with Crippen molar-refractivity contribution in [2.24, 2.45) is 16.2 Å². The van der Waals surface area contributed by atoms with E-state index in [9.17, 15) is 14.4 Å². The number of nitrogens with zero attached hydrogens (tertiary/aromatic N) is 1. The minimum absolute atomic E-state index is 0.332. The Morgan fingerprint density at radius 2 is 1.45 bits per heavy atom. The van der Waals surface area contributed by atoms with Crippen molar-refractivity contribution in [3.05, 3.63) is 54.1 Å². The molecule has 2 fully saturated rings. The molecule has 2 aromatic rings. The number of fused-ring (bicyclic) bond motifs is 2. The summed E-state index contributed by atoms with van der Waals surface area (Å²) in [5, 5.41) is 8.90. The van der Waals surface area contributed by atoms with Crippen LogP contribution in [0.3, 0.4) is 0 Å². The minimum Gasteiger partial charge on any atom is -0.426 e. The van der Waals surface area contributed by atoms with Crippen molar-refractivity contribution in [3.63, 3.8) is 0 Å². The minimum atomic E-state index is -1.41. The van der Waals surface area contributed by atoms with Gasteiger partial charge in [-0.3, -0.25) is 14.4 Å². The van der Waals surface area contributed by atoms with E-state index < -0.39 is 33.8 Å². The molecule has 2 aromatic carbocycles. The van der Waals surface area contributed by atoms with Gasteiger partial charge in [0.15, 0.2) is 0 Å². The van der Waals surface area contributed by atoms with Crippen molar-refractivity contribution in [2.75, 3.05) is 0 Å². The fourth-order valence-electron chi connectivity index (χ4n) is 4.87. The zero-order valence-electron chi connectivity index (χ0n) is 16.6. The van der Waals surface area contributed by atoms with Gasteiger partial charge in [-0.1, -0.05) is 45.0 Å². The summed E-state index contributed by atoms with van der Waals surface area (Å²) in [4.78, 5) is 38.4. The maximum Gasteiger partial charge on any atom is 0.326 e. The van der Waals surface area contributed by atoms with Crippen LogP contribution in [0.2, 0.25) is 0 Å². The van der Waals surface area contributed by atoms with E-state index in [-0.39, 0.29) is 0 Å². The molecule has 0 heterocycles. The number of ketones is 2. The van der Waals surface area contributed by atoms with Crippen molar-refractivity contribution in [1.82, 2.24) is 0 Å². The molecule has 4 rings (SSSR count). The summed E-state index contributed by atoms with van der Waals surface area (Å²) in [6.45, 7) is 5.41. The van der Waals surface area contributed by atoms with E-state index in [1.54, 1.807) is 31.2 Å². The molecular formula is C24H21NO4. The maximum atomic E-state index is 13.1. The fraction of sp³-hybridized carbons (Fsp3) is 0.333. The first-order valence-electron chi connectivity index (χ1n) is 9.59. The molecule has 146 valence electrons. The van der Waals surface area contributed by atoms with E-state index in [1.807, 2.05) is 38.1 Å². The lowest BCUT2D eigenvalue weighted by atomic mass is 9.65. The molecule has 0 N–H and O–H groups in total. The van der Waals surface area contributed by atoms with Crippen molar-refractivity contribution < 1.29 is 19.1 Å². The largest absolute Gasteiger partial charge is 0.426 e. The first-order chi connectivity index (χ1) is 13.7. The Balaban J connectivity index is 1.58. The van der Waals surface area contributed by atoms with Gasteiger partial charge in [0, 0.05) is 10.8 Å². The Kier molecular flexibility index (Phi) is 4.02. The number of nitriles is 1. The highest BCUT2D eigenvalue weighted by atomic mass is 16.5. The van der Waals surface area contributed by atoms with Gasteiger partial charge in [0.25, 0.3) is 0 Å². The number of Topliss-reactive ketones (excluding diaryl/α,β-unsaturated/α-hetero) is 2. The Morgan fingerprint density at radius 1 is 0.897 bits per heavy atom. The Hall–Kier alpha value is -3.26. The summed E-state index contributed by atoms with van der Waals surface area (Å²) in [7, 11) is 0. The van der Waals surface area contributed by atoms with Gasteiger partial charge in [0.1, 0.15) is 11.2 Å². The van der Waals surface area contributed by atoms with Gasteiger partial charge in [-0.15, -0.1) is 0 Å². The summed E-state index contributed by atoms with van der Waals surface area (Å²) in [6, 6.07) is 16.2. The highest BCUT2D eigenvalue weighted by molar-refractivity contribution is 6.48. The fourth-order valence-corrected chi connectivity index (χ4v) is 4.87. The molecular weight excluding hydrogens is 366 g/mol. The Morgan fingerprint density at radius 3 is 1.93 bits per heavy atom. The highest BCUT2D eigenvalue weighted by Crippen LogP contribution is 2.69. The van der Waals surface area contributed by atoms with Gasteiger partial charge in [-0.05, 0) is 48.2 Å². The number of carbonyl (C=O) groups excluding carboxylic acids is 3. The van der Waals surface area contributed by atoms with E-state index in [2.05, 4.69) is 6.07 Å². The van der Waals surface area contributed by atoms with Gasteiger partial charge in [0.2, 0.25) is 11.6 Å². The second-order valence-corrected chi connectivity index (χ2v) is 8.62. The van der Waals surface area contributed by atoms with E-state index in [1.165, 1.54) is 0 Å². The molecule has 2 aliphatic rings. The summed E-state index contributed by atoms with van der Waals surface area (Å²) in [5.74, 6) is -1.39. The van der Waals surface area contributed by atoms with Crippen molar-refractivity contribution in [1.29, 1.82) is 5.26 Å². The van der Waals surface area contributed by atoms with Crippen LogP contribution in [-0.4, -0.2) is 17.5 Å². The van der Waals surface area contributed by atoms with Crippen molar-refractivity contribution >= 4 is 17.5 Å². The smallest absolute Gasteiger partial charge is 0.326 e. The molecule has 0 aromatic heterocycles. The third-order valence-electron chi connectivity index (χ3n) is 7.30. The van der Waals surface area contributed by atoms with Gasteiger partial charge >= 0.3 is 5.97 Å². The average Bonchev–Trinajstić information content (AvgIpc) is 3.00. The normalized spacial score (nSPS) is 27.0. The molecule has 0 radical (unpaired) electrons. The van der Waals surface area contributed by atoms with Crippen LogP contribution in [0.4, 0.5) is 0 Å². The number of rotatable bonds is 3. The quantitative estimate of drug-likeness (QED) is 0.343. The van der Waals surface area contributed by atoms with Crippen LogP contribution in [0.15, 0.2) is 48.5 Å². The topological polar surface area (TPSA) is 84.2 Å². The molecule has 29 heavy (non-hydrogen) atoms. The number of hydrogen-bond acceptors (Lipinski definition) is 5. The standard InChI is InChI=1S/C24H21NO4/c1-22(2)23(3)12-13-24(22,20(27)19(23)26)21(28)29-18-10-8-17(9-11-18)16-6-4-15(14-25)5-7-16/h4-11H,12-13H2,1-3H3/t23-,24+/m1/s1. The average molecular weight is 387 g/mol. The third-order valence-corrected chi connectivity index (χ3v) is 7.30. The Labute approximate surface area is 169 Å². The van der Waals surface area contributed by atoms with Crippen LogP contribution in [-0.2, 0) is 14.4 Å². The SMILES string of the molecule is CC1(C)[C@@]2(C(=O)Oc3ccc(-c4ccc(C#N)cc4)cc3)CC[C@]1(C)C(=O)C2=O. The van der Waals surface area contributed by atoms with E-state index >= 15 is 0 Å². The number of benzene rings is 2. The molecule has 2 aliphatic carbocycles. The molecule has 5 nitrogen and oxygen atoms in total.